The lowest BCUT2D eigenvalue weighted by Gasteiger charge is -2.17. The molecule has 2 aromatic heterocycles. The Morgan fingerprint density at radius 1 is 1.38 bits per heavy atom. The van der Waals surface area contributed by atoms with Crippen LogP contribution >= 0.6 is 43.2 Å². The van der Waals surface area contributed by atoms with Crippen molar-refractivity contribution < 1.29 is 0 Å². The van der Waals surface area contributed by atoms with Gasteiger partial charge in [-0.25, -0.2) is 0 Å². The van der Waals surface area contributed by atoms with E-state index in [0.717, 1.165) is 29.6 Å². The molecule has 3 nitrogen and oxygen atoms in total. The molecule has 2 heterocycles. The minimum Gasteiger partial charge on any atom is -0.309 e. The molecule has 0 amide bonds. The molecule has 0 radical (unpaired) electrons. The SMILES string of the molecule is CCNC(Cc1c(Br)c(CC)nn1C)c1cc(C)c(Br)s1. The van der Waals surface area contributed by atoms with Crippen molar-refractivity contribution >= 4 is 43.2 Å². The first kappa shape index (κ1) is 17.2. The first-order valence-corrected chi connectivity index (χ1v) is 9.57. The standard InChI is InChI=1S/C15H21Br2N3S/c1-5-10-14(16)12(20(4)19-10)8-11(18-6-2)13-7-9(3)15(17)21-13/h7,11,18H,5-6,8H2,1-4H3. The zero-order chi connectivity index (χ0) is 15.6. The molecule has 116 valence electrons. The summed E-state index contributed by atoms with van der Waals surface area (Å²) in [6, 6.07) is 2.59. The maximum absolute atomic E-state index is 4.59. The van der Waals surface area contributed by atoms with Gasteiger partial charge in [0.2, 0.25) is 0 Å². The van der Waals surface area contributed by atoms with Crippen molar-refractivity contribution in [2.24, 2.45) is 7.05 Å². The van der Waals surface area contributed by atoms with Crippen molar-refractivity contribution in [1.82, 2.24) is 15.1 Å². The van der Waals surface area contributed by atoms with Crippen LogP contribution in [0.5, 0.6) is 0 Å². The molecule has 1 unspecified atom stereocenters. The normalized spacial score (nSPS) is 12.9. The monoisotopic (exact) mass is 433 g/mol. The molecule has 1 atom stereocenters. The second-order valence-corrected chi connectivity index (χ2v) is 8.30. The molecule has 0 saturated carbocycles. The molecule has 0 saturated heterocycles. The number of likely N-dealkylation sites (N-methyl/N-ethyl adjacent to an activating group) is 1. The van der Waals surface area contributed by atoms with E-state index in [1.54, 1.807) is 0 Å². The summed E-state index contributed by atoms with van der Waals surface area (Å²) in [5.74, 6) is 0. The maximum atomic E-state index is 4.59. The molecular weight excluding hydrogens is 414 g/mol. The lowest BCUT2D eigenvalue weighted by molar-refractivity contribution is 0.534. The highest BCUT2D eigenvalue weighted by molar-refractivity contribution is 9.11. The summed E-state index contributed by atoms with van der Waals surface area (Å²) >= 11 is 9.16. The molecule has 0 aliphatic rings. The molecule has 0 bridgehead atoms. The van der Waals surface area contributed by atoms with Gasteiger partial charge in [0.15, 0.2) is 0 Å². The van der Waals surface area contributed by atoms with Crippen molar-refractivity contribution in [3.8, 4) is 0 Å². The van der Waals surface area contributed by atoms with Gasteiger partial charge < -0.3 is 5.32 Å². The molecular formula is C15H21Br2N3S. The third-order valence-corrected chi connectivity index (χ3v) is 6.74. The average Bonchev–Trinajstić information content (AvgIpc) is 2.92. The summed E-state index contributed by atoms with van der Waals surface area (Å²) in [7, 11) is 2.03. The predicted octanol–water partition coefficient (Wildman–Crippen LogP) is 4.77. The molecule has 0 aliphatic heterocycles. The van der Waals surface area contributed by atoms with Gasteiger partial charge in [-0.1, -0.05) is 13.8 Å². The van der Waals surface area contributed by atoms with E-state index in [1.807, 2.05) is 23.1 Å². The van der Waals surface area contributed by atoms with Gasteiger partial charge in [-0.3, -0.25) is 4.68 Å². The van der Waals surface area contributed by atoms with Crippen LogP contribution in [0.25, 0.3) is 0 Å². The highest BCUT2D eigenvalue weighted by atomic mass is 79.9. The number of aryl methyl sites for hydroxylation is 3. The quantitative estimate of drug-likeness (QED) is 0.709. The smallest absolute Gasteiger partial charge is 0.0766 e. The first-order chi connectivity index (χ1) is 9.97. The van der Waals surface area contributed by atoms with Crippen LogP contribution in [-0.4, -0.2) is 16.3 Å². The largest absolute Gasteiger partial charge is 0.309 e. The number of thiophene rings is 1. The lowest BCUT2D eigenvalue weighted by Crippen LogP contribution is -2.23. The van der Waals surface area contributed by atoms with Crippen LogP contribution in [0, 0.1) is 6.92 Å². The highest BCUT2D eigenvalue weighted by Gasteiger charge is 2.20. The van der Waals surface area contributed by atoms with Crippen molar-refractivity contribution in [3.63, 3.8) is 0 Å². The van der Waals surface area contributed by atoms with Gasteiger partial charge in [0.1, 0.15) is 0 Å². The van der Waals surface area contributed by atoms with E-state index in [2.05, 4.69) is 69.1 Å². The predicted molar refractivity (Wildman–Crippen MR) is 97.2 cm³/mol. The average molecular weight is 435 g/mol. The summed E-state index contributed by atoms with van der Waals surface area (Å²) in [4.78, 5) is 1.37. The Morgan fingerprint density at radius 2 is 2.10 bits per heavy atom. The summed E-state index contributed by atoms with van der Waals surface area (Å²) in [5, 5.41) is 8.19. The van der Waals surface area contributed by atoms with E-state index in [4.69, 9.17) is 0 Å². The molecule has 0 fully saturated rings. The molecule has 21 heavy (non-hydrogen) atoms. The number of rotatable bonds is 6. The minimum atomic E-state index is 0.321. The van der Waals surface area contributed by atoms with Crippen LogP contribution in [-0.2, 0) is 19.9 Å². The Morgan fingerprint density at radius 3 is 2.57 bits per heavy atom. The van der Waals surface area contributed by atoms with E-state index in [9.17, 15) is 0 Å². The van der Waals surface area contributed by atoms with Gasteiger partial charge in [0.25, 0.3) is 0 Å². The van der Waals surface area contributed by atoms with Gasteiger partial charge in [-0.15, -0.1) is 11.3 Å². The molecule has 6 heteroatoms. The Labute approximate surface area is 147 Å². The fourth-order valence-corrected chi connectivity index (χ4v) is 4.83. The van der Waals surface area contributed by atoms with Gasteiger partial charge in [0.05, 0.1) is 19.6 Å². The van der Waals surface area contributed by atoms with Crippen molar-refractivity contribution in [2.45, 2.75) is 39.7 Å². The van der Waals surface area contributed by atoms with Gasteiger partial charge in [-0.2, -0.15) is 5.10 Å². The number of hydrogen-bond acceptors (Lipinski definition) is 3. The zero-order valence-electron chi connectivity index (χ0n) is 12.8. The summed E-state index contributed by atoms with van der Waals surface area (Å²) in [5.41, 5.74) is 3.68. The second-order valence-electron chi connectivity index (χ2n) is 5.10. The fourth-order valence-electron chi connectivity index (χ4n) is 2.41. The third-order valence-electron chi connectivity index (χ3n) is 3.57. The number of nitrogens with one attached hydrogen (secondary N) is 1. The Kier molecular flexibility index (Phi) is 6.05. The van der Waals surface area contributed by atoms with Gasteiger partial charge >= 0.3 is 0 Å². The summed E-state index contributed by atoms with van der Waals surface area (Å²) in [6.45, 7) is 7.38. The molecule has 2 rings (SSSR count). The Hall–Kier alpha value is -0.170. The maximum Gasteiger partial charge on any atom is 0.0766 e. The molecule has 2 aromatic rings. The van der Waals surface area contributed by atoms with E-state index in [-0.39, 0.29) is 0 Å². The third kappa shape index (κ3) is 3.78. The number of halogens is 2. The van der Waals surface area contributed by atoms with Crippen LogP contribution in [0.3, 0.4) is 0 Å². The van der Waals surface area contributed by atoms with E-state index >= 15 is 0 Å². The number of aromatic nitrogens is 2. The fraction of sp³-hybridized carbons (Fsp3) is 0.533. The minimum absolute atomic E-state index is 0.321. The zero-order valence-corrected chi connectivity index (χ0v) is 16.8. The summed E-state index contributed by atoms with van der Waals surface area (Å²) in [6.07, 6.45) is 1.88. The highest BCUT2D eigenvalue weighted by Crippen LogP contribution is 2.34. The van der Waals surface area contributed by atoms with Crippen LogP contribution in [0.4, 0.5) is 0 Å². The van der Waals surface area contributed by atoms with Crippen LogP contribution in [0.2, 0.25) is 0 Å². The van der Waals surface area contributed by atoms with Crippen LogP contribution < -0.4 is 5.32 Å². The Balaban J connectivity index is 2.30. The molecule has 0 aliphatic carbocycles. The van der Waals surface area contributed by atoms with E-state index in [0.29, 0.717) is 6.04 Å². The number of nitrogens with zero attached hydrogens (tertiary/aromatic N) is 2. The summed E-state index contributed by atoms with van der Waals surface area (Å²) < 4.78 is 4.38. The lowest BCUT2D eigenvalue weighted by atomic mass is 10.1. The van der Waals surface area contributed by atoms with Crippen molar-refractivity contribution in [1.29, 1.82) is 0 Å². The molecule has 1 N–H and O–H groups in total. The van der Waals surface area contributed by atoms with Gasteiger partial charge in [0, 0.05) is 24.4 Å². The second kappa shape index (κ2) is 7.40. The van der Waals surface area contributed by atoms with Crippen molar-refractivity contribution in [2.75, 3.05) is 6.54 Å². The molecule has 0 spiro atoms. The Bertz CT molecular complexity index is 599. The molecule has 0 aromatic carbocycles. The van der Waals surface area contributed by atoms with E-state index in [1.165, 1.54) is 19.9 Å². The van der Waals surface area contributed by atoms with E-state index < -0.39 is 0 Å². The van der Waals surface area contributed by atoms with Crippen LogP contribution in [0.15, 0.2) is 14.3 Å². The van der Waals surface area contributed by atoms with Crippen LogP contribution in [0.1, 0.15) is 41.7 Å². The van der Waals surface area contributed by atoms with Crippen molar-refractivity contribution in [3.05, 3.63) is 36.2 Å². The number of hydrogen-bond donors (Lipinski definition) is 1. The first-order valence-electron chi connectivity index (χ1n) is 7.17. The van der Waals surface area contributed by atoms with Gasteiger partial charge in [-0.05, 0) is 63.4 Å². The topological polar surface area (TPSA) is 29.9 Å².